The molecule has 1 unspecified atom stereocenters. The van der Waals surface area contributed by atoms with Gasteiger partial charge >= 0.3 is 12.2 Å². The predicted octanol–water partition coefficient (Wildman–Crippen LogP) is 8.39. The van der Waals surface area contributed by atoms with E-state index >= 15 is 0 Å². The van der Waals surface area contributed by atoms with Crippen LogP contribution in [0.1, 0.15) is 71.6 Å². The third-order valence-corrected chi connectivity index (χ3v) is 6.54. The first-order chi connectivity index (χ1) is 17.2. The van der Waals surface area contributed by atoms with Gasteiger partial charge in [0.1, 0.15) is 11.2 Å². The monoisotopic (exact) mass is 542 g/mol. The summed E-state index contributed by atoms with van der Waals surface area (Å²) in [7, 11) is 0. The SMILES string of the molecule is CC(C)(C)OC(=O)N(C(=O)OC(C)(C)C)C1=NC(C)(c2cccc(C=Cc3ccc(Cl)cc3)c2)CCS1. The van der Waals surface area contributed by atoms with Gasteiger partial charge in [-0.1, -0.05) is 65.8 Å². The fraction of sp³-hybridized carbons (Fsp3) is 0.414. The zero-order valence-electron chi connectivity index (χ0n) is 22.5. The molecule has 198 valence electrons. The second kappa shape index (κ2) is 11.3. The van der Waals surface area contributed by atoms with Gasteiger partial charge in [-0.2, -0.15) is 4.90 Å². The minimum Gasteiger partial charge on any atom is -0.443 e. The molecule has 2 aromatic carbocycles. The van der Waals surface area contributed by atoms with Crippen molar-refractivity contribution in [3.63, 3.8) is 0 Å². The summed E-state index contributed by atoms with van der Waals surface area (Å²) in [6.07, 6.45) is 3.18. The summed E-state index contributed by atoms with van der Waals surface area (Å²) in [6.45, 7) is 12.5. The maximum Gasteiger partial charge on any atom is 0.426 e. The number of amides is 2. The van der Waals surface area contributed by atoms with Crippen LogP contribution in [0.2, 0.25) is 5.02 Å². The molecule has 6 nitrogen and oxygen atoms in total. The van der Waals surface area contributed by atoms with Crippen LogP contribution in [0.3, 0.4) is 0 Å². The van der Waals surface area contributed by atoms with Crippen LogP contribution in [0.4, 0.5) is 9.59 Å². The number of imide groups is 1. The summed E-state index contributed by atoms with van der Waals surface area (Å²) >= 11 is 7.33. The molecule has 0 aromatic heterocycles. The number of rotatable bonds is 3. The number of carbonyl (C=O) groups is 2. The standard InChI is InChI=1S/C29H35ClN2O4S/c1-27(2,3)35-25(33)32(26(34)36-28(4,5)6)24-31-29(7,17-18-37-24)22-10-8-9-21(19-22)12-11-20-13-15-23(30)16-14-20/h8-16,19H,17-18H2,1-7H3. The lowest BCUT2D eigenvalue weighted by Gasteiger charge is -2.34. The van der Waals surface area contributed by atoms with Gasteiger partial charge in [0, 0.05) is 10.8 Å². The Balaban J connectivity index is 1.94. The molecule has 0 saturated carbocycles. The molecule has 8 heteroatoms. The highest BCUT2D eigenvalue weighted by molar-refractivity contribution is 8.13. The average molecular weight is 543 g/mol. The first-order valence-electron chi connectivity index (χ1n) is 12.2. The van der Waals surface area contributed by atoms with Gasteiger partial charge in [-0.05, 0) is 89.8 Å². The number of halogens is 1. The van der Waals surface area contributed by atoms with E-state index in [2.05, 4.69) is 6.07 Å². The fourth-order valence-electron chi connectivity index (χ4n) is 3.55. The lowest BCUT2D eigenvalue weighted by molar-refractivity contribution is 0.0151. The summed E-state index contributed by atoms with van der Waals surface area (Å²) in [5.41, 5.74) is 0.821. The quantitative estimate of drug-likeness (QED) is 0.364. The van der Waals surface area contributed by atoms with Crippen molar-refractivity contribution < 1.29 is 19.1 Å². The number of thioether (sulfide) groups is 1. The van der Waals surface area contributed by atoms with Crippen LogP contribution in [0.25, 0.3) is 12.2 Å². The molecule has 0 bridgehead atoms. The third kappa shape index (κ3) is 8.37. The largest absolute Gasteiger partial charge is 0.443 e. The van der Waals surface area contributed by atoms with E-state index in [-0.39, 0.29) is 5.17 Å². The Kier molecular flexibility index (Phi) is 8.81. The van der Waals surface area contributed by atoms with Gasteiger partial charge in [0.25, 0.3) is 0 Å². The first-order valence-corrected chi connectivity index (χ1v) is 13.5. The summed E-state index contributed by atoms with van der Waals surface area (Å²) in [6, 6.07) is 15.7. The number of benzene rings is 2. The van der Waals surface area contributed by atoms with E-state index in [1.54, 1.807) is 41.5 Å². The summed E-state index contributed by atoms with van der Waals surface area (Å²) in [4.78, 5) is 32.1. The van der Waals surface area contributed by atoms with Crippen LogP contribution in [-0.4, -0.2) is 39.2 Å². The van der Waals surface area contributed by atoms with Crippen molar-refractivity contribution in [2.24, 2.45) is 4.99 Å². The van der Waals surface area contributed by atoms with Gasteiger partial charge in [-0.15, -0.1) is 0 Å². The van der Waals surface area contributed by atoms with E-state index in [1.165, 1.54) is 11.8 Å². The molecule has 1 heterocycles. The van der Waals surface area contributed by atoms with Crippen molar-refractivity contribution in [2.45, 2.75) is 71.6 Å². The zero-order valence-corrected chi connectivity index (χ0v) is 24.1. The molecule has 0 fully saturated rings. The van der Waals surface area contributed by atoms with Gasteiger partial charge < -0.3 is 9.47 Å². The number of amidine groups is 1. The van der Waals surface area contributed by atoms with Gasteiger partial charge in [0.05, 0.1) is 5.54 Å². The average Bonchev–Trinajstić information content (AvgIpc) is 2.77. The highest BCUT2D eigenvalue weighted by atomic mass is 35.5. The van der Waals surface area contributed by atoms with Crippen molar-refractivity contribution >= 4 is 52.9 Å². The van der Waals surface area contributed by atoms with E-state index in [1.807, 2.05) is 61.5 Å². The summed E-state index contributed by atoms with van der Waals surface area (Å²) in [5, 5.41) is 0.960. The van der Waals surface area contributed by atoms with E-state index in [0.717, 1.165) is 28.0 Å². The second-order valence-electron chi connectivity index (χ2n) is 11.1. The van der Waals surface area contributed by atoms with Gasteiger partial charge in [0.2, 0.25) is 0 Å². The van der Waals surface area contributed by atoms with Crippen LogP contribution < -0.4 is 0 Å². The normalized spacial score (nSPS) is 18.3. The molecule has 1 aliphatic rings. The van der Waals surface area contributed by atoms with Crippen LogP contribution >= 0.6 is 23.4 Å². The maximum absolute atomic E-state index is 13.1. The maximum atomic E-state index is 13.1. The summed E-state index contributed by atoms with van der Waals surface area (Å²) < 4.78 is 11.1. The van der Waals surface area contributed by atoms with E-state index in [0.29, 0.717) is 10.8 Å². The van der Waals surface area contributed by atoms with E-state index in [4.69, 9.17) is 26.1 Å². The second-order valence-corrected chi connectivity index (χ2v) is 12.6. The number of nitrogens with zero attached hydrogens (tertiary/aromatic N) is 2. The number of hydrogen-bond acceptors (Lipinski definition) is 6. The Morgan fingerprint density at radius 1 is 0.946 bits per heavy atom. The first kappa shape index (κ1) is 28.8. The predicted molar refractivity (Wildman–Crippen MR) is 153 cm³/mol. The van der Waals surface area contributed by atoms with Crippen LogP contribution in [0.15, 0.2) is 53.5 Å². The minimum atomic E-state index is -0.808. The molecule has 37 heavy (non-hydrogen) atoms. The topological polar surface area (TPSA) is 68.2 Å². The summed E-state index contributed by atoms with van der Waals surface area (Å²) in [5.74, 6) is 0.669. The Morgan fingerprint density at radius 3 is 2.08 bits per heavy atom. The number of aliphatic imine (C=N–C) groups is 1. The van der Waals surface area contributed by atoms with E-state index in [9.17, 15) is 9.59 Å². The highest BCUT2D eigenvalue weighted by Crippen LogP contribution is 2.37. The molecule has 3 rings (SSSR count). The molecular weight excluding hydrogens is 508 g/mol. The Labute approximate surface area is 229 Å². The van der Waals surface area contributed by atoms with Crippen molar-refractivity contribution in [3.05, 3.63) is 70.2 Å². The van der Waals surface area contributed by atoms with Gasteiger partial charge in [0.15, 0.2) is 5.17 Å². The van der Waals surface area contributed by atoms with Crippen molar-refractivity contribution in [2.75, 3.05) is 5.75 Å². The van der Waals surface area contributed by atoms with Crippen LogP contribution in [-0.2, 0) is 15.0 Å². The highest BCUT2D eigenvalue weighted by Gasteiger charge is 2.39. The molecule has 2 amide bonds. The molecule has 1 atom stereocenters. The fourth-order valence-corrected chi connectivity index (χ4v) is 4.91. The van der Waals surface area contributed by atoms with Gasteiger partial charge in [-0.25, -0.2) is 9.59 Å². The third-order valence-electron chi connectivity index (χ3n) is 5.35. The number of ether oxygens (including phenoxy) is 2. The Morgan fingerprint density at radius 2 is 1.51 bits per heavy atom. The zero-order chi connectivity index (χ0) is 27.4. The van der Waals surface area contributed by atoms with Crippen molar-refractivity contribution in [1.82, 2.24) is 4.90 Å². The molecule has 0 saturated heterocycles. The molecule has 1 aliphatic heterocycles. The van der Waals surface area contributed by atoms with Gasteiger partial charge in [-0.3, -0.25) is 4.99 Å². The smallest absolute Gasteiger partial charge is 0.426 e. The van der Waals surface area contributed by atoms with Crippen LogP contribution in [0.5, 0.6) is 0 Å². The van der Waals surface area contributed by atoms with Crippen molar-refractivity contribution in [1.29, 1.82) is 0 Å². The molecule has 0 aliphatic carbocycles. The van der Waals surface area contributed by atoms with E-state index < -0.39 is 28.9 Å². The molecule has 0 spiro atoms. The molecule has 0 radical (unpaired) electrons. The van der Waals surface area contributed by atoms with Crippen LogP contribution in [0, 0.1) is 0 Å². The lowest BCUT2D eigenvalue weighted by atomic mass is 9.88. The number of hydrogen-bond donors (Lipinski definition) is 0. The molecular formula is C29H35ClN2O4S. The van der Waals surface area contributed by atoms with Crippen molar-refractivity contribution in [3.8, 4) is 0 Å². The minimum absolute atomic E-state index is 0.263. The number of carbonyl (C=O) groups excluding carboxylic acids is 2. The Hall–Kier alpha value is -2.77. The lowest BCUT2D eigenvalue weighted by Crippen LogP contribution is -2.47. The molecule has 2 aromatic rings. The Bertz CT molecular complexity index is 1170. The molecule has 0 N–H and O–H groups in total.